The molecule has 0 radical (unpaired) electrons. The van der Waals surface area contributed by atoms with Crippen LogP contribution < -0.4 is 54.0 Å². The molecular formula is C24H24B2Br2N2O4. The molecule has 2 aromatic heterocycles. The van der Waals surface area contributed by atoms with Gasteiger partial charge in [-0.2, -0.15) is 0 Å². The van der Waals surface area contributed by atoms with Gasteiger partial charge in [-0.1, -0.05) is 48.5 Å². The summed E-state index contributed by atoms with van der Waals surface area (Å²) in [5, 5.41) is 38.2. The second-order valence-corrected chi connectivity index (χ2v) is 7.66. The average molecular weight is 586 g/mol. The highest BCUT2D eigenvalue weighted by Crippen LogP contribution is 2.15. The molecule has 0 saturated carbocycles. The lowest BCUT2D eigenvalue weighted by atomic mass is 9.77. The third-order valence-electron chi connectivity index (χ3n) is 5.49. The van der Waals surface area contributed by atoms with Crippen LogP contribution in [-0.4, -0.2) is 34.3 Å². The SMILES string of the molecule is OB(O)c1ccccc1C[n+]1ccc(-c2cc[n+](Cc3ccccc3B(O)O)cc2)cc1.[Br-].[Br-]. The van der Waals surface area contributed by atoms with Crippen LogP contribution in [0.4, 0.5) is 0 Å². The first-order valence-electron chi connectivity index (χ1n) is 10.4. The van der Waals surface area contributed by atoms with Gasteiger partial charge in [-0.05, 0) is 22.1 Å². The Hall–Kier alpha value is -2.33. The van der Waals surface area contributed by atoms with Crippen LogP contribution in [0.2, 0.25) is 0 Å². The van der Waals surface area contributed by atoms with E-state index >= 15 is 0 Å². The molecule has 0 saturated heterocycles. The van der Waals surface area contributed by atoms with Crippen molar-refractivity contribution in [2.24, 2.45) is 0 Å². The zero-order valence-corrected chi connectivity index (χ0v) is 21.4. The first kappa shape index (κ1) is 27.9. The smallest absolute Gasteiger partial charge is 0.488 e. The summed E-state index contributed by atoms with van der Waals surface area (Å²) in [6, 6.07) is 22.6. The van der Waals surface area contributed by atoms with Crippen molar-refractivity contribution in [3.05, 3.63) is 109 Å². The zero-order valence-electron chi connectivity index (χ0n) is 18.2. The van der Waals surface area contributed by atoms with E-state index in [4.69, 9.17) is 0 Å². The van der Waals surface area contributed by atoms with Gasteiger partial charge in [0.05, 0.1) is 0 Å². The first-order chi connectivity index (χ1) is 15.5. The third kappa shape index (κ3) is 6.85. The minimum absolute atomic E-state index is 0. The summed E-state index contributed by atoms with van der Waals surface area (Å²) in [5.74, 6) is 0. The number of rotatable bonds is 7. The highest BCUT2D eigenvalue weighted by Gasteiger charge is 2.19. The van der Waals surface area contributed by atoms with Gasteiger partial charge in [-0.3, -0.25) is 0 Å². The molecule has 0 unspecified atom stereocenters. The van der Waals surface area contributed by atoms with Crippen LogP contribution in [0.15, 0.2) is 97.6 Å². The first-order valence-corrected chi connectivity index (χ1v) is 10.4. The number of pyridine rings is 2. The Morgan fingerprint density at radius 1 is 0.500 bits per heavy atom. The maximum atomic E-state index is 9.55. The van der Waals surface area contributed by atoms with Crippen molar-refractivity contribution >= 4 is 25.2 Å². The van der Waals surface area contributed by atoms with Gasteiger partial charge in [-0.15, -0.1) is 0 Å². The van der Waals surface area contributed by atoms with Gasteiger partial charge in [0.1, 0.15) is 0 Å². The third-order valence-corrected chi connectivity index (χ3v) is 5.49. The van der Waals surface area contributed by atoms with Crippen molar-refractivity contribution in [2.75, 3.05) is 0 Å². The molecular weight excluding hydrogens is 562 g/mol. The van der Waals surface area contributed by atoms with Gasteiger partial charge in [-0.25, -0.2) is 9.13 Å². The van der Waals surface area contributed by atoms with Gasteiger partial charge in [0.25, 0.3) is 0 Å². The fourth-order valence-corrected chi connectivity index (χ4v) is 3.76. The van der Waals surface area contributed by atoms with E-state index < -0.39 is 14.2 Å². The Labute approximate surface area is 220 Å². The topological polar surface area (TPSA) is 88.7 Å². The van der Waals surface area contributed by atoms with Crippen LogP contribution in [0.5, 0.6) is 0 Å². The van der Waals surface area contributed by atoms with Gasteiger partial charge < -0.3 is 54.1 Å². The lowest BCUT2D eigenvalue weighted by molar-refractivity contribution is -0.688. The Kier molecular flexibility index (Phi) is 10.6. The molecule has 34 heavy (non-hydrogen) atoms. The molecule has 0 atom stereocenters. The summed E-state index contributed by atoms with van der Waals surface area (Å²) >= 11 is 0. The van der Waals surface area contributed by atoms with Crippen LogP contribution in [0.3, 0.4) is 0 Å². The summed E-state index contributed by atoms with van der Waals surface area (Å²) in [4.78, 5) is 0. The number of hydrogen-bond acceptors (Lipinski definition) is 4. The molecule has 0 fully saturated rings. The van der Waals surface area contributed by atoms with Crippen LogP contribution in [0, 0.1) is 0 Å². The Morgan fingerprint density at radius 3 is 1.15 bits per heavy atom. The number of nitrogens with zero attached hydrogens (tertiary/aromatic N) is 2. The lowest BCUT2D eigenvalue weighted by Gasteiger charge is -2.07. The Balaban J connectivity index is 0.00000204. The van der Waals surface area contributed by atoms with Crippen LogP contribution in [-0.2, 0) is 13.1 Å². The summed E-state index contributed by atoms with van der Waals surface area (Å²) in [5.41, 5.74) is 4.85. The summed E-state index contributed by atoms with van der Waals surface area (Å²) < 4.78 is 3.98. The minimum Gasteiger partial charge on any atom is -1.00 e. The van der Waals surface area contributed by atoms with Crippen LogP contribution >= 0.6 is 0 Å². The van der Waals surface area contributed by atoms with Crippen molar-refractivity contribution in [3.63, 3.8) is 0 Å². The maximum Gasteiger partial charge on any atom is 0.488 e. The van der Waals surface area contributed by atoms with Gasteiger partial charge in [0.2, 0.25) is 0 Å². The predicted octanol–water partition coefficient (Wildman–Crippen LogP) is -6.61. The monoisotopic (exact) mass is 584 g/mol. The molecule has 0 amide bonds. The van der Waals surface area contributed by atoms with Crippen molar-refractivity contribution in [1.29, 1.82) is 0 Å². The van der Waals surface area contributed by atoms with E-state index in [1.165, 1.54) is 0 Å². The molecule has 2 aromatic carbocycles. The van der Waals surface area contributed by atoms with E-state index in [2.05, 4.69) is 0 Å². The molecule has 174 valence electrons. The highest BCUT2D eigenvalue weighted by molar-refractivity contribution is 6.59. The molecule has 4 aromatic rings. The molecule has 0 aliphatic rings. The van der Waals surface area contributed by atoms with Crippen molar-refractivity contribution in [2.45, 2.75) is 13.1 Å². The van der Waals surface area contributed by atoms with E-state index in [1.807, 2.05) is 82.5 Å². The zero-order chi connectivity index (χ0) is 22.5. The average Bonchev–Trinajstić information content (AvgIpc) is 2.81. The molecule has 0 aliphatic heterocycles. The molecule has 10 heteroatoms. The van der Waals surface area contributed by atoms with Gasteiger partial charge in [0, 0.05) is 35.4 Å². The fourth-order valence-electron chi connectivity index (χ4n) is 3.76. The summed E-state index contributed by atoms with van der Waals surface area (Å²) in [6.45, 7) is 1.08. The van der Waals surface area contributed by atoms with Crippen molar-refractivity contribution in [3.8, 4) is 11.1 Å². The summed E-state index contributed by atoms with van der Waals surface area (Å²) in [7, 11) is -2.98. The Morgan fingerprint density at radius 2 is 0.824 bits per heavy atom. The second-order valence-electron chi connectivity index (χ2n) is 7.66. The highest BCUT2D eigenvalue weighted by atomic mass is 79.9. The largest absolute Gasteiger partial charge is 1.00 e. The van der Waals surface area contributed by atoms with E-state index in [9.17, 15) is 20.1 Å². The van der Waals surface area contributed by atoms with Crippen LogP contribution in [0.25, 0.3) is 11.1 Å². The maximum absolute atomic E-state index is 9.55. The predicted molar refractivity (Wildman–Crippen MR) is 123 cm³/mol. The summed E-state index contributed by atoms with van der Waals surface area (Å²) in [6.07, 6.45) is 7.87. The van der Waals surface area contributed by atoms with Gasteiger partial charge >= 0.3 is 14.2 Å². The van der Waals surface area contributed by atoms with Crippen molar-refractivity contribution < 1.29 is 63.2 Å². The molecule has 0 aliphatic carbocycles. The number of benzene rings is 2. The van der Waals surface area contributed by atoms with E-state index in [-0.39, 0.29) is 34.0 Å². The van der Waals surface area contributed by atoms with E-state index in [0.29, 0.717) is 24.0 Å². The van der Waals surface area contributed by atoms with E-state index in [1.54, 1.807) is 24.3 Å². The lowest BCUT2D eigenvalue weighted by Crippen LogP contribution is -3.00. The fraction of sp³-hybridized carbons (Fsp3) is 0.0833. The second kappa shape index (κ2) is 12.9. The molecule has 0 spiro atoms. The minimum atomic E-state index is -1.49. The normalized spacial score (nSPS) is 10.1. The van der Waals surface area contributed by atoms with Crippen LogP contribution in [0.1, 0.15) is 11.1 Å². The van der Waals surface area contributed by atoms with E-state index in [0.717, 1.165) is 22.3 Å². The number of halogens is 2. The molecule has 2 heterocycles. The quantitative estimate of drug-likeness (QED) is 0.128. The van der Waals surface area contributed by atoms with Gasteiger partial charge in [0.15, 0.2) is 37.9 Å². The molecule has 6 nitrogen and oxygen atoms in total. The van der Waals surface area contributed by atoms with Crippen molar-refractivity contribution in [1.82, 2.24) is 0 Å². The number of hydrogen-bond donors (Lipinski definition) is 4. The molecule has 4 rings (SSSR count). The number of aromatic nitrogens is 2. The Bertz CT molecular complexity index is 1100. The standard InChI is InChI=1S/C24H24B2N2O4.2BrH/c29-25(30)23-7-3-1-5-21(23)17-27-13-9-19(10-14-27)20-11-15-28(16-12-20)18-22-6-2-4-8-24(22)26(31)32;;/h1-16,29-32H,17-18H2;2*1H/q+2;;/p-2. The molecule has 4 N–H and O–H groups in total. The molecule has 0 bridgehead atoms.